The van der Waals surface area contributed by atoms with Crippen molar-refractivity contribution < 1.29 is 19.1 Å². The Labute approximate surface area is 129 Å². The molecule has 1 aromatic carbocycles. The lowest BCUT2D eigenvalue weighted by molar-refractivity contribution is -0.154. The number of cyclic esters (lactones) is 2. The first-order valence-electron chi connectivity index (χ1n) is 7.71. The van der Waals surface area contributed by atoms with Crippen LogP contribution in [0, 0.1) is 11.3 Å². The van der Waals surface area contributed by atoms with Gasteiger partial charge in [0.15, 0.2) is 0 Å². The van der Waals surface area contributed by atoms with Crippen molar-refractivity contribution in [1.82, 2.24) is 0 Å². The minimum absolute atomic E-state index is 0.307. The average molecular weight is 298 g/mol. The second-order valence-electron chi connectivity index (χ2n) is 6.48. The van der Waals surface area contributed by atoms with Gasteiger partial charge < -0.3 is 9.47 Å². The summed E-state index contributed by atoms with van der Waals surface area (Å²) in [6, 6.07) is 6.11. The molecule has 0 aromatic heterocycles. The van der Waals surface area contributed by atoms with Gasteiger partial charge in [-0.2, -0.15) is 0 Å². The Kier molecular flexibility index (Phi) is 2.74. The summed E-state index contributed by atoms with van der Waals surface area (Å²) in [5.74, 6) is -0.164. The van der Waals surface area contributed by atoms with Crippen LogP contribution >= 0.6 is 0 Å². The van der Waals surface area contributed by atoms with Crippen LogP contribution in [0.15, 0.2) is 23.8 Å². The molecule has 1 saturated heterocycles. The lowest BCUT2D eigenvalue weighted by Crippen LogP contribution is -2.37. The van der Waals surface area contributed by atoms with Crippen LogP contribution in [-0.4, -0.2) is 19.0 Å². The Bertz CT molecular complexity index is 731. The minimum Gasteiger partial charge on any atom is -0.497 e. The number of hydrogen-bond acceptors (Lipinski definition) is 4. The topological polar surface area (TPSA) is 52.6 Å². The van der Waals surface area contributed by atoms with Crippen molar-refractivity contribution in [1.29, 1.82) is 0 Å². The first-order chi connectivity index (χ1) is 10.6. The summed E-state index contributed by atoms with van der Waals surface area (Å²) in [7, 11) is 1.67. The van der Waals surface area contributed by atoms with Gasteiger partial charge in [-0.05, 0) is 67.0 Å². The molecule has 0 radical (unpaired) electrons. The second-order valence-corrected chi connectivity index (χ2v) is 6.48. The largest absolute Gasteiger partial charge is 0.497 e. The zero-order valence-electron chi connectivity index (χ0n) is 12.8. The summed E-state index contributed by atoms with van der Waals surface area (Å²) < 4.78 is 10.3. The van der Waals surface area contributed by atoms with Crippen LogP contribution in [0.4, 0.5) is 0 Å². The normalized spacial score (nSPS) is 29.6. The van der Waals surface area contributed by atoms with Crippen LogP contribution < -0.4 is 4.74 Å². The van der Waals surface area contributed by atoms with Crippen LogP contribution in [0.25, 0.3) is 5.57 Å². The van der Waals surface area contributed by atoms with E-state index >= 15 is 0 Å². The van der Waals surface area contributed by atoms with Gasteiger partial charge in [0.2, 0.25) is 0 Å². The smallest absolute Gasteiger partial charge is 0.324 e. The van der Waals surface area contributed by atoms with Gasteiger partial charge in [0.25, 0.3) is 0 Å². The fourth-order valence-corrected chi connectivity index (χ4v) is 4.31. The summed E-state index contributed by atoms with van der Waals surface area (Å²) in [5.41, 5.74) is 4.04. The molecule has 0 N–H and O–H groups in total. The van der Waals surface area contributed by atoms with Crippen molar-refractivity contribution in [2.45, 2.75) is 32.6 Å². The summed E-state index contributed by atoms with van der Waals surface area (Å²) in [5, 5.41) is 0. The van der Waals surface area contributed by atoms with E-state index in [1.165, 1.54) is 16.7 Å². The maximum absolute atomic E-state index is 12.3. The molecule has 0 amide bonds. The third-order valence-corrected chi connectivity index (χ3v) is 5.55. The number of fused-ring (bicyclic) bond motifs is 4. The molecular weight excluding hydrogens is 280 g/mol. The monoisotopic (exact) mass is 298 g/mol. The Balaban J connectivity index is 1.88. The second kappa shape index (κ2) is 4.45. The van der Waals surface area contributed by atoms with Crippen LogP contribution in [0.1, 0.15) is 37.3 Å². The Morgan fingerprint density at radius 2 is 2.05 bits per heavy atom. The maximum Gasteiger partial charge on any atom is 0.324 e. The number of ether oxygens (including phenoxy) is 2. The zero-order chi connectivity index (χ0) is 15.5. The molecule has 0 bridgehead atoms. The lowest BCUT2D eigenvalue weighted by atomic mass is 9.61. The van der Waals surface area contributed by atoms with Crippen LogP contribution in [0.3, 0.4) is 0 Å². The van der Waals surface area contributed by atoms with Crippen molar-refractivity contribution in [3.05, 3.63) is 34.9 Å². The Hall–Kier alpha value is -2.10. The molecule has 22 heavy (non-hydrogen) atoms. The molecule has 3 aliphatic rings. The Morgan fingerprint density at radius 3 is 2.82 bits per heavy atom. The van der Waals surface area contributed by atoms with E-state index in [-0.39, 0.29) is 17.9 Å². The summed E-state index contributed by atoms with van der Waals surface area (Å²) in [4.78, 5) is 24.3. The summed E-state index contributed by atoms with van der Waals surface area (Å²) >= 11 is 0. The van der Waals surface area contributed by atoms with Gasteiger partial charge in [0, 0.05) is 0 Å². The third-order valence-electron chi connectivity index (χ3n) is 5.55. The highest BCUT2D eigenvalue weighted by Gasteiger charge is 2.58. The fourth-order valence-electron chi connectivity index (χ4n) is 4.31. The number of esters is 2. The zero-order valence-corrected chi connectivity index (χ0v) is 12.8. The molecule has 2 aliphatic carbocycles. The van der Waals surface area contributed by atoms with Gasteiger partial charge in [0.05, 0.1) is 13.0 Å². The van der Waals surface area contributed by atoms with E-state index in [9.17, 15) is 9.59 Å². The van der Waals surface area contributed by atoms with E-state index in [4.69, 9.17) is 9.47 Å². The number of aryl methyl sites for hydroxylation is 1. The van der Waals surface area contributed by atoms with Gasteiger partial charge in [-0.25, -0.2) is 0 Å². The standard InChI is InChI=1S/C18H18O4/c1-18-14-7-3-10-9-11(21-2)4-5-12(10)13(14)6-8-15(18)16(19)22-17(18)20/h4-5,9,15H,3,6-8H2,1-2H3/t15-,18-/m1/s1. The number of allylic oxidation sites excluding steroid dienone is 1. The van der Waals surface area contributed by atoms with Crippen LogP contribution in [0.5, 0.6) is 5.75 Å². The van der Waals surface area contributed by atoms with Gasteiger partial charge in [-0.1, -0.05) is 6.07 Å². The molecule has 0 unspecified atom stereocenters. The van der Waals surface area contributed by atoms with E-state index < -0.39 is 5.41 Å². The highest BCUT2D eigenvalue weighted by Crippen LogP contribution is 2.55. The number of methoxy groups -OCH3 is 1. The molecule has 0 saturated carbocycles. The minimum atomic E-state index is -0.762. The molecule has 4 heteroatoms. The third kappa shape index (κ3) is 1.58. The predicted molar refractivity (Wildman–Crippen MR) is 80.2 cm³/mol. The number of carbonyl (C=O) groups excluding carboxylic acids is 2. The van der Waals surface area contributed by atoms with Gasteiger partial charge in [-0.15, -0.1) is 0 Å². The first kappa shape index (κ1) is 13.6. The summed E-state index contributed by atoms with van der Waals surface area (Å²) in [6.07, 6.45) is 3.20. The van der Waals surface area contributed by atoms with Crippen LogP contribution in [0.2, 0.25) is 0 Å². The van der Waals surface area contributed by atoms with E-state index in [0.29, 0.717) is 6.42 Å². The molecule has 114 valence electrons. The van der Waals surface area contributed by atoms with Gasteiger partial charge in [0.1, 0.15) is 11.2 Å². The van der Waals surface area contributed by atoms with Gasteiger partial charge >= 0.3 is 11.9 Å². The molecular formula is C18H18O4. The number of rotatable bonds is 1. The number of carbonyl (C=O) groups is 2. The van der Waals surface area contributed by atoms with E-state index in [2.05, 4.69) is 12.1 Å². The highest BCUT2D eigenvalue weighted by atomic mass is 16.6. The van der Waals surface area contributed by atoms with Gasteiger partial charge in [-0.3, -0.25) is 9.59 Å². The van der Waals surface area contributed by atoms with E-state index in [1.807, 2.05) is 13.0 Å². The van der Waals surface area contributed by atoms with Crippen molar-refractivity contribution in [2.75, 3.05) is 7.11 Å². The SMILES string of the molecule is COc1ccc2c(c1)CCC1=C2CC[C@@H]2C(=O)OC(=O)[C@]12C. The molecule has 1 fully saturated rings. The maximum atomic E-state index is 12.3. The molecule has 0 spiro atoms. The molecule has 4 rings (SSSR count). The molecule has 1 aromatic rings. The molecule has 1 aliphatic heterocycles. The van der Waals surface area contributed by atoms with Crippen LogP contribution in [-0.2, 0) is 20.7 Å². The fraction of sp³-hybridized carbons (Fsp3) is 0.444. The highest BCUT2D eigenvalue weighted by molar-refractivity contribution is 6.03. The lowest BCUT2D eigenvalue weighted by Gasteiger charge is -2.38. The quantitative estimate of drug-likeness (QED) is 0.591. The van der Waals surface area contributed by atoms with Crippen molar-refractivity contribution in [3.8, 4) is 5.75 Å². The van der Waals surface area contributed by atoms with E-state index in [1.54, 1.807) is 7.11 Å². The Morgan fingerprint density at radius 1 is 1.23 bits per heavy atom. The predicted octanol–water partition coefficient (Wildman–Crippen LogP) is 2.89. The average Bonchev–Trinajstić information content (AvgIpc) is 2.76. The molecule has 1 heterocycles. The first-order valence-corrected chi connectivity index (χ1v) is 7.71. The van der Waals surface area contributed by atoms with Crippen molar-refractivity contribution in [2.24, 2.45) is 11.3 Å². The van der Waals surface area contributed by atoms with Crippen molar-refractivity contribution in [3.63, 3.8) is 0 Å². The summed E-state index contributed by atoms with van der Waals surface area (Å²) in [6.45, 7) is 1.88. The number of benzene rings is 1. The van der Waals surface area contributed by atoms with Crippen molar-refractivity contribution >= 4 is 17.5 Å². The molecule has 2 atom stereocenters. The molecule has 4 nitrogen and oxygen atoms in total. The van der Waals surface area contributed by atoms with E-state index in [0.717, 1.165) is 30.6 Å². The number of hydrogen-bond donors (Lipinski definition) is 0.